The van der Waals surface area contributed by atoms with Crippen molar-refractivity contribution < 1.29 is 9.50 Å². The smallest absolute Gasteiger partial charge is 0.129 e. The monoisotopic (exact) mass is 298 g/mol. The fourth-order valence-electron chi connectivity index (χ4n) is 2.01. The summed E-state index contributed by atoms with van der Waals surface area (Å²) in [7, 11) is 0. The summed E-state index contributed by atoms with van der Waals surface area (Å²) in [5, 5.41) is 11.1. The molecule has 0 amide bonds. The van der Waals surface area contributed by atoms with E-state index in [1.165, 1.54) is 0 Å². The van der Waals surface area contributed by atoms with Crippen LogP contribution < -0.4 is 0 Å². The number of benzene rings is 2. The SMILES string of the molecule is Cc1cc(C(O)c2ccc(Cl)c(Cl)c2)cc(C)c1F. The van der Waals surface area contributed by atoms with Gasteiger partial charge in [0.15, 0.2) is 0 Å². The summed E-state index contributed by atoms with van der Waals surface area (Å²) < 4.78 is 13.6. The largest absolute Gasteiger partial charge is 0.384 e. The molecule has 0 aliphatic carbocycles. The molecule has 0 aliphatic heterocycles. The predicted octanol–water partition coefficient (Wildman–Crippen LogP) is 4.83. The highest BCUT2D eigenvalue weighted by molar-refractivity contribution is 6.42. The molecule has 1 N–H and O–H groups in total. The molecule has 1 unspecified atom stereocenters. The first-order valence-electron chi connectivity index (χ1n) is 5.80. The molecule has 0 fully saturated rings. The van der Waals surface area contributed by atoms with Crippen molar-refractivity contribution in [2.75, 3.05) is 0 Å². The lowest BCUT2D eigenvalue weighted by atomic mass is 9.97. The average molecular weight is 299 g/mol. The first-order valence-corrected chi connectivity index (χ1v) is 6.55. The Morgan fingerprint density at radius 1 is 0.947 bits per heavy atom. The van der Waals surface area contributed by atoms with Gasteiger partial charge in [-0.15, -0.1) is 0 Å². The van der Waals surface area contributed by atoms with Gasteiger partial charge in [-0.05, 0) is 48.2 Å². The van der Waals surface area contributed by atoms with Crippen LogP contribution in [-0.4, -0.2) is 5.11 Å². The number of aryl methyl sites for hydroxylation is 2. The van der Waals surface area contributed by atoms with E-state index in [1.54, 1.807) is 44.2 Å². The van der Waals surface area contributed by atoms with Crippen LogP contribution in [-0.2, 0) is 0 Å². The molecule has 2 aromatic carbocycles. The van der Waals surface area contributed by atoms with Crippen molar-refractivity contribution in [3.05, 3.63) is 68.4 Å². The van der Waals surface area contributed by atoms with Crippen LogP contribution in [0.4, 0.5) is 4.39 Å². The lowest BCUT2D eigenvalue weighted by Crippen LogP contribution is -2.02. The van der Waals surface area contributed by atoms with Gasteiger partial charge in [0.1, 0.15) is 11.9 Å². The minimum Gasteiger partial charge on any atom is -0.384 e. The highest BCUT2D eigenvalue weighted by Crippen LogP contribution is 2.30. The number of rotatable bonds is 2. The van der Waals surface area contributed by atoms with E-state index >= 15 is 0 Å². The van der Waals surface area contributed by atoms with Gasteiger partial charge in [-0.2, -0.15) is 0 Å². The summed E-state index contributed by atoms with van der Waals surface area (Å²) in [5.74, 6) is -0.245. The molecule has 0 saturated carbocycles. The van der Waals surface area contributed by atoms with Crippen LogP contribution in [0.3, 0.4) is 0 Å². The van der Waals surface area contributed by atoms with E-state index in [0.29, 0.717) is 32.3 Å². The third-order valence-corrected chi connectivity index (χ3v) is 3.77. The van der Waals surface area contributed by atoms with E-state index in [2.05, 4.69) is 0 Å². The summed E-state index contributed by atoms with van der Waals surface area (Å²) in [6, 6.07) is 8.21. The molecule has 0 aliphatic rings. The molecule has 0 aromatic heterocycles. The van der Waals surface area contributed by atoms with Gasteiger partial charge in [-0.25, -0.2) is 4.39 Å². The molecule has 2 rings (SSSR count). The fraction of sp³-hybridized carbons (Fsp3) is 0.200. The zero-order valence-corrected chi connectivity index (χ0v) is 12.1. The molecule has 1 atom stereocenters. The first kappa shape index (κ1) is 14.3. The fourth-order valence-corrected chi connectivity index (χ4v) is 2.32. The standard InChI is InChI=1S/C15H13Cl2FO/c1-8-5-11(6-9(2)14(8)18)15(19)10-3-4-12(16)13(17)7-10/h3-7,15,19H,1-2H3. The third-order valence-electron chi connectivity index (χ3n) is 3.03. The van der Waals surface area contributed by atoms with Crippen LogP contribution in [0.1, 0.15) is 28.4 Å². The van der Waals surface area contributed by atoms with Crippen LogP contribution >= 0.6 is 23.2 Å². The van der Waals surface area contributed by atoms with Crippen LogP contribution in [0.5, 0.6) is 0 Å². The van der Waals surface area contributed by atoms with Crippen molar-refractivity contribution >= 4 is 23.2 Å². The molecule has 0 saturated heterocycles. The van der Waals surface area contributed by atoms with E-state index < -0.39 is 6.10 Å². The van der Waals surface area contributed by atoms with Crippen molar-refractivity contribution in [3.63, 3.8) is 0 Å². The van der Waals surface area contributed by atoms with Crippen molar-refractivity contribution in [1.29, 1.82) is 0 Å². The van der Waals surface area contributed by atoms with E-state index in [0.717, 1.165) is 0 Å². The molecule has 4 heteroatoms. The van der Waals surface area contributed by atoms with E-state index in [9.17, 15) is 9.50 Å². The van der Waals surface area contributed by atoms with Gasteiger partial charge in [0.2, 0.25) is 0 Å². The Labute approximate surface area is 121 Å². The molecule has 0 bridgehead atoms. The Kier molecular flexibility index (Phi) is 4.14. The molecule has 0 heterocycles. The summed E-state index contributed by atoms with van der Waals surface area (Å²) in [5.41, 5.74) is 2.28. The van der Waals surface area contributed by atoms with E-state index in [4.69, 9.17) is 23.2 Å². The maximum Gasteiger partial charge on any atom is 0.129 e. The molecule has 1 nitrogen and oxygen atoms in total. The zero-order valence-electron chi connectivity index (χ0n) is 10.5. The van der Waals surface area contributed by atoms with Crippen molar-refractivity contribution in [2.45, 2.75) is 20.0 Å². The zero-order chi connectivity index (χ0) is 14.2. The lowest BCUT2D eigenvalue weighted by molar-refractivity contribution is 0.220. The Morgan fingerprint density at radius 3 is 2.05 bits per heavy atom. The number of halogens is 3. The van der Waals surface area contributed by atoms with Crippen molar-refractivity contribution in [1.82, 2.24) is 0 Å². The lowest BCUT2D eigenvalue weighted by Gasteiger charge is -2.14. The van der Waals surface area contributed by atoms with Crippen molar-refractivity contribution in [3.8, 4) is 0 Å². The second-order valence-electron chi connectivity index (χ2n) is 4.54. The maximum absolute atomic E-state index is 13.6. The van der Waals surface area contributed by atoms with Crippen LogP contribution in [0.15, 0.2) is 30.3 Å². The molecule has 0 spiro atoms. The third kappa shape index (κ3) is 2.92. The Hall–Kier alpha value is -1.09. The van der Waals surface area contributed by atoms with Crippen LogP contribution in [0.25, 0.3) is 0 Å². The summed E-state index contributed by atoms with van der Waals surface area (Å²) >= 11 is 11.8. The molecular formula is C15H13Cl2FO. The van der Waals surface area contributed by atoms with Crippen LogP contribution in [0, 0.1) is 19.7 Å². The molecule has 0 radical (unpaired) electrons. The summed E-state index contributed by atoms with van der Waals surface area (Å²) in [6.07, 6.45) is -0.854. The Morgan fingerprint density at radius 2 is 1.53 bits per heavy atom. The molecular weight excluding hydrogens is 286 g/mol. The van der Waals surface area contributed by atoms with Gasteiger partial charge in [0, 0.05) is 0 Å². The van der Waals surface area contributed by atoms with E-state index in [1.807, 2.05) is 0 Å². The van der Waals surface area contributed by atoms with E-state index in [-0.39, 0.29) is 5.82 Å². The second kappa shape index (κ2) is 5.49. The number of aliphatic hydroxyl groups excluding tert-OH is 1. The predicted molar refractivity (Wildman–Crippen MR) is 76.4 cm³/mol. The average Bonchev–Trinajstić information content (AvgIpc) is 2.37. The molecule has 100 valence electrons. The Balaban J connectivity index is 2.43. The second-order valence-corrected chi connectivity index (χ2v) is 5.36. The number of aliphatic hydroxyl groups is 1. The number of hydrogen-bond acceptors (Lipinski definition) is 1. The highest BCUT2D eigenvalue weighted by atomic mass is 35.5. The number of hydrogen-bond donors (Lipinski definition) is 1. The topological polar surface area (TPSA) is 20.2 Å². The van der Waals surface area contributed by atoms with Gasteiger partial charge >= 0.3 is 0 Å². The van der Waals surface area contributed by atoms with Gasteiger partial charge in [-0.1, -0.05) is 41.4 Å². The summed E-state index contributed by atoms with van der Waals surface area (Å²) in [6.45, 7) is 3.35. The molecule has 19 heavy (non-hydrogen) atoms. The minimum atomic E-state index is -0.854. The maximum atomic E-state index is 13.6. The van der Waals surface area contributed by atoms with Gasteiger partial charge in [0.25, 0.3) is 0 Å². The quantitative estimate of drug-likeness (QED) is 0.842. The van der Waals surface area contributed by atoms with Crippen molar-refractivity contribution in [2.24, 2.45) is 0 Å². The normalized spacial score (nSPS) is 12.5. The van der Waals surface area contributed by atoms with Gasteiger partial charge < -0.3 is 5.11 Å². The van der Waals surface area contributed by atoms with Crippen LogP contribution in [0.2, 0.25) is 10.0 Å². The van der Waals surface area contributed by atoms with Gasteiger partial charge in [0.05, 0.1) is 10.0 Å². The Bertz CT molecular complexity index is 603. The first-order chi connectivity index (χ1) is 8.90. The van der Waals surface area contributed by atoms with Gasteiger partial charge in [-0.3, -0.25) is 0 Å². The minimum absolute atomic E-state index is 0.245. The highest BCUT2D eigenvalue weighted by Gasteiger charge is 2.14. The summed E-state index contributed by atoms with van der Waals surface area (Å²) in [4.78, 5) is 0. The molecule has 2 aromatic rings.